The van der Waals surface area contributed by atoms with Gasteiger partial charge in [0.15, 0.2) is 18.3 Å². The Bertz CT molecular complexity index is 507. The molecular formula is C18H30O9. The van der Waals surface area contributed by atoms with Crippen LogP contribution in [0.25, 0.3) is 0 Å². The van der Waals surface area contributed by atoms with Crippen molar-refractivity contribution >= 4 is 17.9 Å². The first-order chi connectivity index (χ1) is 12.8. The number of hydrogen-bond acceptors (Lipinski definition) is 9. The summed E-state index contributed by atoms with van der Waals surface area (Å²) >= 11 is 0. The van der Waals surface area contributed by atoms with Crippen LogP contribution in [-0.4, -0.2) is 69.9 Å². The third-order valence-electron chi connectivity index (χ3n) is 4.19. The maximum Gasteiger partial charge on any atom is 0.306 e. The Morgan fingerprint density at radius 3 is 1.26 bits per heavy atom. The SMILES string of the molecule is CCCC(=O)O[C@H]1[C@H](O)[C@@H](O)[C@H](OC(=O)CCC)[C@H](OC(=O)CCC)[C@@H]1O. The number of carbonyl (C=O) groups excluding carboxylic acids is 3. The van der Waals surface area contributed by atoms with E-state index in [2.05, 4.69) is 0 Å². The lowest BCUT2D eigenvalue weighted by atomic mass is 9.84. The number of aliphatic hydroxyl groups excluding tert-OH is 3. The topological polar surface area (TPSA) is 140 Å². The molecule has 0 unspecified atom stereocenters. The van der Waals surface area contributed by atoms with Gasteiger partial charge in [-0.1, -0.05) is 20.8 Å². The standard InChI is InChI=1S/C18H30O9/c1-4-7-10(19)25-16-13(22)14(23)17(26-11(20)8-5-2)18(15(16)24)27-12(21)9-6-3/h13-18,22-24H,4-9H2,1-3H3/t13-,14-,15-,16+,17+,18-/m1/s1. The largest absolute Gasteiger partial charge is 0.457 e. The summed E-state index contributed by atoms with van der Waals surface area (Å²) in [4.78, 5) is 35.5. The first kappa shape index (κ1) is 23.3. The van der Waals surface area contributed by atoms with E-state index in [0.717, 1.165) is 0 Å². The highest BCUT2D eigenvalue weighted by Gasteiger charge is 2.54. The smallest absolute Gasteiger partial charge is 0.306 e. The van der Waals surface area contributed by atoms with E-state index in [1.807, 2.05) is 0 Å². The Morgan fingerprint density at radius 1 is 0.593 bits per heavy atom. The van der Waals surface area contributed by atoms with E-state index in [-0.39, 0.29) is 19.3 Å². The van der Waals surface area contributed by atoms with E-state index in [1.54, 1.807) is 20.8 Å². The highest BCUT2D eigenvalue weighted by molar-refractivity contribution is 5.71. The van der Waals surface area contributed by atoms with Gasteiger partial charge in [-0.25, -0.2) is 0 Å². The lowest BCUT2D eigenvalue weighted by Gasteiger charge is -2.44. The Morgan fingerprint density at radius 2 is 0.889 bits per heavy atom. The van der Waals surface area contributed by atoms with Gasteiger partial charge in [0.05, 0.1) is 0 Å². The second-order valence-electron chi connectivity index (χ2n) is 6.59. The minimum absolute atomic E-state index is 0.0534. The van der Waals surface area contributed by atoms with Crippen molar-refractivity contribution in [3.05, 3.63) is 0 Å². The molecule has 9 nitrogen and oxygen atoms in total. The second kappa shape index (κ2) is 11.2. The lowest BCUT2D eigenvalue weighted by Crippen LogP contribution is -2.66. The molecule has 1 fully saturated rings. The summed E-state index contributed by atoms with van der Waals surface area (Å²) in [5.74, 6) is -2.01. The minimum Gasteiger partial charge on any atom is -0.457 e. The first-order valence-electron chi connectivity index (χ1n) is 9.39. The van der Waals surface area contributed by atoms with Gasteiger partial charge in [0.1, 0.15) is 18.3 Å². The molecule has 0 aliphatic heterocycles. The van der Waals surface area contributed by atoms with Crippen molar-refractivity contribution in [3.63, 3.8) is 0 Å². The number of esters is 3. The number of rotatable bonds is 9. The van der Waals surface area contributed by atoms with Gasteiger partial charge in [-0.3, -0.25) is 14.4 Å². The highest BCUT2D eigenvalue weighted by atomic mass is 16.6. The highest BCUT2D eigenvalue weighted by Crippen LogP contribution is 2.29. The number of carbonyl (C=O) groups is 3. The van der Waals surface area contributed by atoms with Gasteiger partial charge in [0.25, 0.3) is 0 Å². The van der Waals surface area contributed by atoms with Crippen LogP contribution in [0.15, 0.2) is 0 Å². The number of aliphatic hydroxyl groups is 3. The van der Waals surface area contributed by atoms with E-state index < -0.39 is 54.5 Å². The molecule has 0 aromatic heterocycles. The summed E-state index contributed by atoms with van der Waals surface area (Å²) in [6.07, 6.45) is -7.89. The van der Waals surface area contributed by atoms with Crippen LogP contribution in [0.1, 0.15) is 59.3 Å². The van der Waals surface area contributed by atoms with Crippen LogP contribution >= 0.6 is 0 Å². The molecule has 0 spiro atoms. The van der Waals surface area contributed by atoms with Crippen LogP contribution in [0, 0.1) is 0 Å². The molecule has 1 saturated carbocycles. The number of ether oxygens (including phenoxy) is 3. The fourth-order valence-electron chi connectivity index (χ4n) is 2.82. The summed E-state index contributed by atoms with van der Waals surface area (Å²) < 4.78 is 15.4. The van der Waals surface area contributed by atoms with Gasteiger partial charge in [0.2, 0.25) is 0 Å². The normalized spacial score (nSPS) is 30.4. The van der Waals surface area contributed by atoms with Crippen molar-refractivity contribution in [2.75, 3.05) is 0 Å². The van der Waals surface area contributed by atoms with Crippen molar-refractivity contribution in [2.24, 2.45) is 0 Å². The van der Waals surface area contributed by atoms with Crippen LogP contribution in [-0.2, 0) is 28.6 Å². The average Bonchev–Trinajstić information content (AvgIpc) is 2.60. The van der Waals surface area contributed by atoms with Crippen LogP contribution in [0.2, 0.25) is 0 Å². The lowest BCUT2D eigenvalue weighted by molar-refractivity contribution is -0.247. The van der Waals surface area contributed by atoms with Crippen molar-refractivity contribution in [1.82, 2.24) is 0 Å². The fraction of sp³-hybridized carbons (Fsp3) is 0.833. The van der Waals surface area contributed by atoms with E-state index in [4.69, 9.17) is 14.2 Å². The molecule has 0 aromatic carbocycles. The Labute approximate surface area is 158 Å². The summed E-state index contributed by atoms with van der Waals surface area (Å²) in [5, 5.41) is 31.2. The van der Waals surface area contributed by atoms with Crippen LogP contribution in [0.4, 0.5) is 0 Å². The molecule has 0 radical (unpaired) electrons. The van der Waals surface area contributed by atoms with Crippen molar-refractivity contribution in [3.8, 4) is 0 Å². The summed E-state index contributed by atoms with van der Waals surface area (Å²) in [7, 11) is 0. The molecule has 0 aromatic rings. The summed E-state index contributed by atoms with van der Waals surface area (Å²) in [6, 6.07) is 0. The van der Waals surface area contributed by atoms with Gasteiger partial charge < -0.3 is 29.5 Å². The monoisotopic (exact) mass is 390 g/mol. The molecule has 9 heteroatoms. The molecule has 0 saturated heterocycles. The predicted octanol–water partition coefficient (Wildman–Crippen LogP) is 0.218. The van der Waals surface area contributed by atoms with Crippen molar-refractivity contribution in [2.45, 2.75) is 95.9 Å². The maximum atomic E-state index is 11.9. The summed E-state index contributed by atoms with van der Waals surface area (Å²) in [6.45, 7) is 5.26. The zero-order valence-corrected chi connectivity index (χ0v) is 16.0. The molecular weight excluding hydrogens is 360 g/mol. The Balaban J connectivity index is 3.05. The van der Waals surface area contributed by atoms with Crippen LogP contribution < -0.4 is 0 Å². The van der Waals surface area contributed by atoms with Gasteiger partial charge in [-0.2, -0.15) is 0 Å². The third-order valence-corrected chi connectivity index (χ3v) is 4.19. The molecule has 1 aliphatic carbocycles. The van der Waals surface area contributed by atoms with Gasteiger partial charge in [-0.05, 0) is 19.3 Å². The van der Waals surface area contributed by atoms with Crippen LogP contribution in [0.5, 0.6) is 0 Å². The van der Waals surface area contributed by atoms with Gasteiger partial charge >= 0.3 is 17.9 Å². The Kier molecular flexibility index (Phi) is 9.68. The van der Waals surface area contributed by atoms with E-state index >= 15 is 0 Å². The molecule has 27 heavy (non-hydrogen) atoms. The average molecular weight is 390 g/mol. The molecule has 0 amide bonds. The molecule has 1 aliphatic rings. The molecule has 156 valence electrons. The van der Waals surface area contributed by atoms with Crippen molar-refractivity contribution < 1.29 is 43.9 Å². The zero-order valence-electron chi connectivity index (χ0n) is 16.0. The number of hydrogen-bond donors (Lipinski definition) is 3. The van der Waals surface area contributed by atoms with E-state index in [0.29, 0.717) is 19.3 Å². The molecule has 1 rings (SSSR count). The summed E-state index contributed by atoms with van der Waals surface area (Å²) in [5.41, 5.74) is 0. The zero-order chi connectivity index (χ0) is 20.6. The maximum absolute atomic E-state index is 11.9. The molecule has 3 N–H and O–H groups in total. The molecule has 0 heterocycles. The second-order valence-corrected chi connectivity index (χ2v) is 6.59. The minimum atomic E-state index is -1.71. The van der Waals surface area contributed by atoms with Crippen molar-refractivity contribution in [1.29, 1.82) is 0 Å². The van der Waals surface area contributed by atoms with Gasteiger partial charge in [-0.15, -0.1) is 0 Å². The molecule has 6 atom stereocenters. The first-order valence-corrected chi connectivity index (χ1v) is 9.39. The predicted molar refractivity (Wildman–Crippen MR) is 92.4 cm³/mol. The Hall–Kier alpha value is -1.71. The third kappa shape index (κ3) is 6.44. The van der Waals surface area contributed by atoms with E-state index in [9.17, 15) is 29.7 Å². The quantitative estimate of drug-likeness (QED) is 0.372. The fourth-order valence-corrected chi connectivity index (χ4v) is 2.82. The van der Waals surface area contributed by atoms with E-state index in [1.165, 1.54) is 0 Å². The van der Waals surface area contributed by atoms with Gasteiger partial charge in [0, 0.05) is 19.3 Å². The van der Waals surface area contributed by atoms with Crippen LogP contribution in [0.3, 0.4) is 0 Å². The molecule has 0 bridgehead atoms.